The number of carbonyl (C=O) groups excluding carboxylic acids is 1. The van der Waals surface area contributed by atoms with Crippen molar-refractivity contribution in [3.05, 3.63) is 10.4 Å². The normalized spacial score (nSPS) is 32.2. The number of hydrogen-bond donors (Lipinski definition) is 0. The minimum Gasteiger partial charge on any atom is -0.462 e. The van der Waals surface area contributed by atoms with E-state index in [0.717, 1.165) is 19.3 Å². The highest BCUT2D eigenvalue weighted by Crippen LogP contribution is 2.66. The van der Waals surface area contributed by atoms with Crippen molar-refractivity contribution in [2.45, 2.75) is 77.6 Å². The third-order valence-corrected chi connectivity index (χ3v) is 6.35. The van der Waals surface area contributed by atoms with Gasteiger partial charge in [-0.25, -0.2) is 0 Å². The van der Waals surface area contributed by atoms with Gasteiger partial charge in [0.2, 0.25) is 0 Å². The van der Waals surface area contributed by atoms with Gasteiger partial charge in [-0.2, -0.15) is 13.2 Å². The van der Waals surface area contributed by atoms with Crippen molar-refractivity contribution in [1.29, 1.82) is 0 Å². The molecule has 136 valence electrons. The van der Waals surface area contributed by atoms with Gasteiger partial charge in [-0.3, -0.25) is 4.79 Å². The standard InChI is InChI=1S/C16H24F3N3O2/c1-14(2)10-6-7-15(14,3)12(8-10)24-13(23)5-4-11(21-22-20)9-16(17,18)19/h10-12H,4-9H2,1-3H3/t10-,11?,12+,15+/m0/s1. The quantitative estimate of drug-likeness (QED) is 0.288. The van der Waals surface area contributed by atoms with Crippen LogP contribution in [0.1, 0.15) is 59.3 Å². The van der Waals surface area contributed by atoms with Crippen LogP contribution >= 0.6 is 0 Å². The van der Waals surface area contributed by atoms with E-state index in [9.17, 15) is 18.0 Å². The molecule has 2 fully saturated rings. The Balaban J connectivity index is 1.89. The summed E-state index contributed by atoms with van der Waals surface area (Å²) in [6, 6.07) is -1.27. The Morgan fingerprint density at radius 3 is 2.54 bits per heavy atom. The minimum atomic E-state index is -4.43. The molecule has 5 nitrogen and oxygen atoms in total. The molecule has 0 N–H and O–H groups in total. The molecule has 2 saturated carbocycles. The van der Waals surface area contributed by atoms with Crippen LogP contribution in [0.25, 0.3) is 10.4 Å². The van der Waals surface area contributed by atoms with E-state index in [0.29, 0.717) is 5.92 Å². The Kier molecular flexibility index (Phi) is 5.09. The molecular formula is C16H24F3N3O2. The first-order chi connectivity index (χ1) is 11.0. The molecule has 0 aromatic heterocycles. The molecule has 2 aliphatic carbocycles. The van der Waals surface area contributed by atoms with Gasteiger partial charge in [-0.15, -0.1) is 0 Å². The zero-order chi connectivity index (χ0) is 18.2. The van der Waals surface area contributed by atoms with Crippen molar-refractivity contribution >= 4 is 5.97 Å². The smallest absolute Gasteiger partial charge is 0.389 e. The number of azide groups is 1. The van der Waals surface area contributed by atoms with E-state index in [1.807, 2.05) is 0 Å². The summed E-state index contributed by atoms with van der Waals surface area (Å²) in [5.41, 5.74) is 8.39. The highest BCUT2D eigenvalue weighted by Gasteiger charge is 2.62. The van der Waals surface area contributed by atoms with E-state index < -0.39 is 24.6 Å². The predicted molar refractivity (Wildman–Crippen MR) is 81.9 cm³/mol. The van der Waals surface area contributed by atoms with Crippen molar-refractivity contribution in [3.8, 4) is 0 Å². The molecule has 2 bridgehead atoms. The maximum Gasteiger partial charge on any atom is 0.389 e. The van der Waals surface area contributed by atoms with Gasteiger partial charge < -0.3 is 4.74 Å². The first-order valence-electron chi connectivity index (χ1n) is 8.30. The zero-order valence-corrected chi connectivity index (χ0v) is 14.3. The van der Waals surface area contributed by atoms with E-state index in [1.54, 1.807) is 0 Å². The molecule has 1 unspecified atom stereocenters. The summed E-state index contributed by atoms with van der Waals surface area (Å²) < 4.78 is 42.8. The summed E-state index contributed by atoms with van der Waals surface area (Å²) in [4.78, 5) is 14.5. The van der Waals surface area contributed by atoms with Crippen molar-refractivity contribution in [2.75, 3.05) is 0 Å². The molecule has 24 heavy (non-hydrogen) atoms. The minimum absolute atomic E-state index is 0.0799. The second-order valence-electron chi connectivity index (χ2n) is 7.81. The van der Waals surface area contributed by atoms with E-state index in [2.05, 4.69) is 30.8 Å². The maximum atomic E-state index is 12.4. The molecule has 2 aliphatic rings. The average Bonchev–Trinajstić information content (AvgIpc) is 2.77. The van der Waals surface area contributed by atoms with Crippen LogP contribution in [0.5, 0.6) is 0 Å². The van der Waals surface area contributed by atoms with Crippen LogP contribution in [0.2, 0.25) is 0 Å². The van der Waals surface area contributed by atoms with Crippen LogP contribution < -0.4 is 0 Å². The average molecular weight is 347 g/mol. The summed E-state index contributed by atoms with van der Waals surface area (Å²) in [7, 11) is 0. The Hall–Kier alpha value is -1.43. The van der Waals surface area contributed by atoms with E-state index in [4.69, 9.17) is 10.3 Å². The summed E-state index contributed by atoms with van der Waals surface area (Å²) in [5.74, 6) is 0.00589. The largest absolute Gasteiger partial charge is 0.462 e. The Labute approximate surface area is 139 Å². The molecule has 0 aromatic rings. The molecule has 0 heterocycles. The van der Waals surface area contributed by atoms with Gasteiger partial charge >= 0.3 is 12.1 Å². The summed E-state index contributed by atoms with van der Waals surface area (Å²) in [5, 5.41) is 3.14. The molecule has 0 amide bonds. The first-order valence-corrected chi connectivity index (χ1v) is 8.30. The molecule has 4 atom stereocenters. The van der Waals surface area contributed by atoms with Crippen molar-refractivity contribution in [3.63, 3.8) is 0 Å². The van der Waals surface area contributed by atoms with Crippen molar-refractivity contribution in [1.82, 2.24) is 0 Å². The summed E-state index contributed by atoms with van der Waals surface area (Å²) in [6.07, 6.45) is -3.21. The molecule has 0 aliphatic heterocycles. The second-order valence-corrected chi connectivity index (χ2v) is 7.81. The number of carbonyl (C=O) groups is 1. The Morgan fingerprint density at radius 2 is 2.08 bits per heavy atom. The van der Waals surface area contributed by atoms with Crippen LogP contribution in [0.3, 0.4) is 0 Å². The van der Waals surface area contributed by atoms with Crippen LogP contribution in [0.15, 0.2) is 5.11 Å². The van der Waals surface area contributed by atoms with Gasteiger partial charge in [-0.05, 0) is 42.5 Å². The number of halogens is 3. The Bertz CT molecular complexity index is 543. The van der Waals surface area contributed by atoms with Gasteiger partial charge in [-0.1, -0.05) is 25.9 Å². The van der Waals surface area contributed by atoms with E-state index >= 15 is 0 Å². The number of alkyl halides is 3. The molecule has 8 heteroatoms. The number of fused-ring (bicyclic) bond motifs is 2. The van der Waals surface area contributed by atoms with Crippen LogP contribution in [0, 0.1) is 16.7 Å². The van der Waals surface area contributed by atoms with Crippen LogP contribution in [-0.2, 0) is 9.53 Å². The van der Waals surface area contributed by atoms with Crippen LogP contribution in [0.4, 0.5) is 13.2 Å². The first kappa shape index (κ1) is 18.9. The highest BCUT2D eigenvalue weighted by atomic mass is 19.4. The molecule has 0 aromatic carbocycles. The summed E-state index contributed by atoms with van der Waals surface area (Å²) >= 11 is 0. The number of rotatable bonds is 6. The number of nitrogens with zero attached hydrogens (tertiary/aromatic N) is 3. The van der Waals surface area contributed by atoms with Gasteiger partial charge in [0.25, 0.3) is 0 Å². The fourth-order valence-electron chi connectivity index (χ4n) is 4.35. The van der Waals surface area contributed by atoms with Crippen LogP contribution in [-0.4, -0.2) is 24.3 Å². The summed E-state index contributed by atoms with van der Waals surface area (Å²) in [6.45, 7) is 6.52. The molecule has 0 saturated heterocycles. The zero-order valence-electron chi connectivity index (χ0n) is 14.3. The van der Waals surface area contributed by atoms with Gasteiger partial charge in [0.15, 0.2) is 0 Å². The molecular weight excluding hydrogens is 323 g/mol. The molecule has 0 spiro atoms. The molecule has 0 radical (unpaired) electrons. The fourth-order valence-corrected chi connectivity index (χ4v) is 4.35. The van der Waals surface area contributed by atoms with Gasteiger partial charge in [0, 0.05) is 22.8 Å². The lowest BCUT2D eigenvalue weighted by molar-refractivity contribution is -0.158. The van der Waals surface area contributed by atoms with Gasteiger partial charge in [0.1, 0.15) is 6.10 Å². The third-order valence-electron chi connectivity index (χ3n) is 6.35. The monoisotopic (exact) mass is 347 g/mol. The van der Waals surface area contributed by atoms with Gasteiger partial charge in [0.05, 0.1) is 6.42 Å². The molecule has 2 rings (SSSR count). The third kappa shape index (κ3) is 3.63. The second kappa shape index (κ2) is 6.47. The van der Waals surface area contributed by atoms with Crippen molar-refractivity contribution in [2.24, 2.45) is 21.9 Å². The van der Waals surface area contributed by atoms with E-state index in [1.165, 1.54) is 0 Å². The topological polar surface area (TPSA) is 75.1 Å². The number of esters is 1. The maximum absolute atomic E-state index is 12.4. The Morgan fingerprint density at radius 1 is 1.42 bits per heavy atom. The number of hydrogen-bond acceptors (Lipinski definition) is 3. The highest BCUT2D eigenvalue weighted by molar-refractivity contribution is 5.69. The lowest BCUT2D eigenvalue weighted by Crippen LogP contribution is -2.38. The predicted octanol–water partition coefficient (Wildman–Crippen LogP) is 5.16. The van der Waals surface area contributed by atoms with E-state index in [-0.39, 0.29) is 29.8 Å². The van der Waals surface area contributed by atoms with Crippen molar-refractivity contribution < 1.29 is 22.7 Å². The number of ether oxygens (including phenoxy) is 1. The lowest BCUT2D eigenvalue weighted by atomic mass is 9.70. The fraction of sp³-hybridized carbons (Fsp3) is 0.938. The SMILES string of the molecule is CC1(C)[C@H]2CC[C@]1(C)[C@H](OC(=O)CCC(CC(F)(F)F)N=[N+]=[N-])C2. The lowest BCUT2D eigenvalue weighted by Gasteiger charge is -2.38.